The predicted octanol–water partition coefficient (Wildman–Crippen LogP) is 5.82. The lowest BCUT2D eigenvalue weighted by Crippen LogP contribution is -2.48. The Morgan fingerprint density at radius 3 is 2.48 bits per heavy atom. The van der Waals surface area contributed by atoms with E-state index in [0.717, 1.165) is 36.0 Å². The number of aryl methyl sites for hydroxylation is 1. The van der Waals surface area contributed by atoms with Crippen LogP contribution >= 0.6 is 11.6 Å². The Kier molecular flexibility index (Phi) is 5.19. The van der Waals surface area contributed by atoms with E-state index in [1.807, 2.05) is 30.1 Å². The van der Waals surface area contributed by atoms with Crippen LogP contribution in [0.4, 0.5) is 0 Å². The van der Waals surface area contributed by atoms with Crippen LogP contribution in [0.2, 0.25) is 5.02 Å². The van der Waals surface area contributed by atoms with Crippen molar-refractivity contribution in [2.45, 2.75) is 69.0 Å². The van der Waals surface area contributed by atoms with E-state index in [2.05, 4.69) is 47.6 Å². The summed E-state index contributed by atoms with van der Waals surface area (Å²) in [5.41, 5.74) is 5.31. The van der Waals surface area contributed by atoms with Gasteiger partial charge in [-0.2, -0.15) is 0 Å². The third-order valence-corrected chi connectivity index (χ3v) is 8.36. The van der Waals surface area contributed by atoms with Crippen LogP contribution in [0.15, 0.2) is 48.5 Å². The Balaban J connectivity index is 1.21. The maximum absolute atomic E-state index is 13.2. The minimum Gasteiger partial charge on any atom is -0.339 e. The molecule has 2 bridgehead atoms. The van der Waals surface area contributed by atoms with Gasteiger partial charge in [0, 0.05) is 46.8 Å². The zero-order valence-corrected chi connectivity index (χ0v) is 20.0. The van der Waals surface area contributed by atoms with Gasteiger partial charge in [-0.15, -0.1) is 0 Å². The van der Waals surface area contributed by atoms with Gasteiger partial charge in [0.2, 0.25) is 0 Å². The summed E-state index contributed by atoms with van der Waals surface area (Å²) in [6.07, 6.45) is 5.65. The zero-order chi connectivity index (χ0) is 22.7. The van der Waals surface area contributed by atoms with Gasteiger partial charge in [0.05, 0.1) is 5.52 Å². The molecule has 6 rings (SSSR count). The fraction of sp³-hybridized carbons (Fsp3) is 0.429. The first-order valence-electron chi connectivity index (χ1n) is 12.2. The maximum atomic E-state index is 13.2. The smallest absolute Gasteiger partial charge is 0.253 e. The number of fused-ring (bicyclic) bond motifs is 3. The lowest BCUT2D eigenvalue weighted by Gasteiger charge is -2.35. The van der Waals surface area contributed by atoms with Gasteiger partial charge < -0.3 is 10.2 Å². The molecule has 3 aliphatic rings. The summed E-state index contributed by atoms with van der Waals surface area (Å²) in [6.45, 7) is 2.06. The standard InChI is InChI=1S/C28H30ClN3O/c1-16-11-23(22-5-3-4-6-27(22)30-16)25-15-24(25)21-10-7-17(12-26(21)29)28(33)32(2)20-13-18-8-9-19(14-20)31-18/h3-7,10-12,18-20,24-25,31H,8-9,13-15H2,1-2H3/t18-,19+,20?,24?,25?. The van der Waals surface area contributed by atoms with Gasteiger partial charge in [0.1, 0.15) is 0 Å². The lowest BCUT2D eigenvalue weighted by molar-refractivity contribution is 0.0681. The number of benzene rings is 2. The maximum Gasteiger partial charge on any atom is 0.253 e. The van der Waals surface area contributed by atoms with Crippen LogP contribution < -0.4 is 5.32 Å². The molecule has 1 aromatic heterocycles. The number of pyridine rings is 1. The Labute approximate surface area is 200 Å². The highest BCUT2D eigenvalue weighted by molar-refractivity contribution is 6.31. The Hall–Kier alpha value is -2.43. The molecule has 33 heavy (non-hydrogen) atoms. The van der Waals surface area contributed by atoms with Gasteiger partial charge in [-0.05, 0) is 86.3 Å². The first-order chi connectivity index (χ1) is 16.0. The van der Waals surface area contributed by atoms with Crippen LogP contribution in [0.1, 0.15) is 71.1 Å². The number of piperidine rings is 1. The third-order valence-electron chi connectivity index (χ3n) is 8.03. The molecule has 3 aromatic rings. The molecular weight excluding hydrogens is 430 g/mol. The quantitative estimate of drug-likeness (QED) is 0.534. The van der Waals surface area contributed by atoms with Gasteiger partial charge in [0.25, 0.3) is 5.91 Å². The van der Waals surface area contributed by atoms with E-state index >= 15 is 0 Å². The van der Waals surface area contributed by atoms with Crippen LogP contribution in [0, 0.1) is 6.92 Å². The molecule has 3 heterocycles. The molecule has 2 aromatic carbocycles. The van der Waals surface area contributed by atoms with E-state index in [9.17, 15) is 4.79 Å². The number of carbonyl (C=O) groups excluding carboxylic acids is 1. The second-order valence-corrected chi connectivity index (χ2v) is 10.6. The highest BCUT2D eigenvalue weighted by atomic mass is 35.5. The molecule has 4 nitrogen and oxygen atoms in total. The summed E-state index contributed by atoms with van der Waals surface area (Å²) in [6, 6.07) is 18.0. The number of aromatic nitrogens is 1. The van der Waals surface area contributed by atoms with Crippen molar-refractivity contribution >= 4 is 28.4 Å². The fourth-order valence-corrected chi connectivity index (χ4v) is 6.52. The van der Waals surface area contributed by atoms with Gasteiger partial charge in [-0.25, -0.2) is 0 Å². The predicted molar refractivity (Wildman–Crippen MR) is 133 cm³/mol. The van der Waals surface area contributed by atoms with Crippen molar-refractivity contribution in [3.05, 3.63) is 75.9 Å². The molecular formula is C28H30ClN3O. The number of para-hydroxylation sites is 1. The molecule has 2 aliphatic heterocycles. The number of nitrogens with zero attached hydrogens (tertiary/aromatic N) is 2. The molecule has 5 atom stereocenters. The normalized spacial score (nSPS) is 28.2. The molecule has 1 saturated carbocycles. The largest absolute Gasteiger partial charge is 0.339 e. The van der Waals surface area contributed by atoms with E-state index in [4.69, 9.17) is 11.6 Å². The second-order valence-electron chi connectivity index (χ2n) is 10.2. The summed E-state index contributed by atoms with van der Waals surface area (Å²) in [5, 5.41) is 5.60. The van der Waals surface area contributed by atoms with Crippen molar-refractivity contribution in [2.24, 2.45) is 0 Å². The molecule has 170 valence electrons. The van der Waals surface area contributed by atoms with E-state index in [0.29, 0.717) is 40.5 Å². The van der Waals surface area contributed by atoms with Gasteiger partial charge >= 0.3 is 0 Å². The number of carbonyl (C=O) groups is 1. The summed E-state index contributed by atoms with van der Waals surface area (Å²) < 4.78 is 0. The van der Waals surface area contributed by atoms with Crippen molar-refractivity contribution in [1.82, 2.24) is 15.2 Å². The monoisotopic (exact) mass is 459 g/mol. The fourth-order valence-electron chi connectivity index (χ4n) is 6.20. The minimum absolute atomic E-state index is 0.0813. The number of halogens is 1. The molecule has 0 spiro atoms. The first kappa shape index (κ1) is 21.1. The zero-order valence-electron chi connectivity index (χ0n) is 19.2. The van der Waals surface area contributed by atoms with Crippen molar-refractivity contribution in [3.63, 3.8) is 0 Å². The highest BCUT2D eigenvalue weighted by Gasteiger charge is 2.42. The van der Waals surface area contributed by atoms with Gasteiger partial charge in [-0.3, -0.25) is 9.78 Å². The number of hydrogen-bond donors (Lipinski definition) is 1. The second kappa shape index (κ2) is 8.11. The van der Waals surface area contributed by atoms with Crippen LogP contribution in [0.3, 0.4) is 0 Å². The van der Waals surface area contributed by atoms with Crippen molar-refractivity contribution in [3.8, 4) is 0 Å². The molecule has 1 N–H and O–H groups in total. The van der Waals surface area contributed by atoms with Crippen molar-refractivity contribution in [1.29, 1.82) is 0 Å². The number of nitrogens with one attached hydrogen (secondary N) is 1. The number of amides is 1. The topological polar surface area (TPSA) is 45.2 Å². The van der Waals surface area contributed by atoms with Gasteiger partial charge in [-0.1, -0.05) is 35.9 Å². The van der Waals surface area contributed by atoms with Crippen molar-refractivity contribution < 1.29 is 4.79 Å². The van der Waals surface area contributed by atoms with Crippen molar-refractivity contribution in [2.75, 3.05) is 7.05 Å². The van der Waals surface area contributed by atoms with Crippen LogP contribution in [-0.4, -0.2) is 41.0 Å². The van der Waals surface area contributed by atoms with Gasteiger partial charge in [0.15, 0.2) is 0 Å². The molecule has 3 fully saturated rings. The number of hydrogen-bond acceptors (Lipinski definition) is 3. The molecule has 0 radical (unpaired) electrons. The molecule has 2 saturated heterocycles. The SMILES string of the molecule is Cc1cc(C2CC2c2ccc(C(=O)N(C)C3C[C@H]4CC[C@@H](C3)N4)cc2Cl)c2ccccc2n1. The summed E-state index contributed by atoms with van der Waals surface area (Å²) in [4.78, 5) is 19.9. The third kappa shape index (κ3) is 3.83. The van der Waals surface area contributed by atoms with Crippen LogP contribution in [0.25, 0.3) is 10.9 Å². The average Bonchev–Trinajstić information content (AvgIpc) is 3.54. The highest BCUT2D eigenvalue weighted by Crippen LogP contribution is 2.57. The average molecular weight is 460 g/mol. The minimum atomic E-state index is 0.0813. The molecule has 1 amide bonds. The number of rotatable bonds is 4. The van der Waals surface area contributed by atoms with E-state index in [1.165, 1.54) is 23.8 Å². The van der Waals surface area contributed by atoms with E-state index in [-0.39, 0.29) is 5.91 Å². The molecule has 5 heteroatoms. The molecule has 3 unspecified atom stereocenters. The summed E-state index contributed by atoms with van der Waals surface area (Å²) >= 11 is 6.76. The van der Waals surface area contributed by atoms with Crippen LogP contribution in [-0.2, 0) is 0 Å². The van der Waals surface area contributed by atoms with E-state index in [1.54, 1.807) is 0 Å². The van der Waals surface area contributed by atoms with E-state index < -0.39 is 0 Å². The summed E-state index contributed by atoms with van der Waals surface area (Å²) in [5.74, 6) is 0.922. The Bertz CT molecular complexity index is 1230. The Morgan fingerprint density at radius 2 is 1.73 bits per heavy atom. The molecule has 1 aliphatic carbocycles. The lowest BCUT2D eigenvalue weighted by atomic mass is 9.97. The summed E-state index contributed by atoms with van der Waals surface area (Å²) in [7, 11) is 1.95. The first-order valence-corrected chi connectivity index (χ1v) is 12.5. The Morgan fingerprint density at radius 1 is 1.00 bits per heavy atom. The van der Waals surface area contributed by atoms with Crippen LogP contribution in [0.5, 0.6) is 0 Å².